The van der Waals surface area contributed by atoms with E-state index in [4.69, 9.17) is 24.8 Å². The molecule has 0 aromatic heterocycles. The van der Waals surface area contributed by atoms with Gasteiger partial charge in [-0.15, -0.1) is 0 Å². The molecule has 0 amide bonds. The van der Waals surface area contributed by atoms with E-state index in [2.05, 4.69) is 0 Å². The molecule has 3 atom stereocenters. The summed E-state index contributed by atoms with van der Waals surface area (Å²) in [5.74, 6) is -1.72. The lowest BCUT2D eigenvalue weighted by Gasteiger charge is -2.03. The Morgan fingerprint density at radius 1 is 1.80 bits per heavy atom. The van der Waals surface area contributed by atoms with Crippen molar-refractivity contribution in [3.8, 4) is 0 Å². The summed E-state index contributed by atoms with van der Waals surface area (Å²) in [7, 11) is 0. The van der Waals surface area contributed by atoms with Crippen LogP contribution in [0.3, 0.4) is 0 Å². The Kier molecular flexibility index (Phi) is 1.66. The minimum absolute atomic E-state index is 1.69. The largest absolute Gasteiger partial charge is 0.480 e. The van der Waals surface area contributed by atoms with E-state index in [1.165, 1.54) is 0 Å². The maximum atomic E-state index is 10.5. The number of carboxylic acid groups (broad SMARTS) is 1. The Morgan fingerprint density at radius 3 is 2.80 bits per heavy atom. The molecule has 60 valence electrons. The molecule has 0 rings (SSSR count). The van der Waals surface area contributed by atoms with E-state index in [1.54, 1.807) is 0 Å². The molecule has 0 saturated heterocycles. The fraction of sp³-hybridized carbons (Fsp3) is 0.833. The second kappa shape index (κ2) is 5.20. The highest BCUT2D eigenvalue weighted by atomic mass is 16.5. The van der Waals surface area contributed by atoms with Crippen molar-refractivity contribution in [2.75, 3.05) is 6.52 Å². The highest BCUT2D eigenvalue weighted by Gasteiger charge is 2.09. The Balaban J connectivity index is 5.19. The zero-order valence-electron chi connectivity index (χ0n) is 11.2. The highest BCUT2D eigenvalue weighted by Crippen LogP contribution is 1.96. The number of nitrogens with two attached hydrogens (primary N) is 2. The molecule has 4 nitrogen and oxygen atoms in total. The van der Waals surface area contributed by atoms with E-state index in [0.717, 1.165) is 0 Å². The SMILES string of the molecule is [2H][13CH]([15NH2])[13CH]([2H])[13C]([2H])([2H])[13C]([2H])([2H])[13C@H]([15NH2])[13C](=O)O. The van der Waals surface area contributed by atoms with E-state index < -0.39 is 37.7 Å². The molecule has 0 radical (unpaired) electrons. The smallest absolute Gasteiger partial charge is 0.320 e. The van der Waals surface area contributed by atoms with Gasteiger partial charge in [0.15, 0.2) is 0 Å². The van der Waals surface area contributed by atoms with Crippen LogP contribution in [-0.4, -0.2) is 23.6 Å². The Labute approximate surface area is 68.6 Å². The third-order valence-corrected chi connectivity index (χ3v) is 0.684. The number of hydrogen-bond acceptors (Lipinski definition) is 3. The molecular formula is C6H14N2O2. The molecule has 0 fully saturated rings. The topological polar surface area (TPSA) is 89.3 Å². The first kappa shape index (κ1) is 3.19. The van der Waals surface area contributed by atoms with E-state index in [0.29, 0.717) is 0 Å². The van der Waals surface area contributed by atoms with Gasteiger partial charge in [-0.05, 0) is 19.3 Å². The van der Waals surface area contributed by atoms with Gasteiger partial charge in [-0.3, -0.25) is 4.79 Å². The monoisotopic (exact) mass is 160 g/mol. The molecule has 0 aromatic rings. The Morgan fingerprint density at radius 2 is 2.40 bits per heavy atom. The first-order chi connectivity index (χ1) is 6.96. The lowest BCUT2D eigenvalue weighted by Crippen LogP contribution is -2.29. The summed E-state index contributed by atoms with van der Waals surface area (Å²) < 4.78 is 43.5. The van der Waals surface area contributed by atoms with Crippen LogP contribution in [-0.2, 0) is 4.79 Å². The van der Waals surface area contributed by atoms with Gasteiger partial charge in [0.25, 0.3) is 0 Å². The average molecular weight is 160 g/mol. The standard InChI is InChI=1S/C6H14N2O2/c7-4-2-1-3-5(8)6(9)10/h5H,1-4,7-8H2,(H,9,10)/t5-/m0/s1/i1+1D2,2+1D,3+1D2,4+1D,5+1,6+1,7+1,8+1/t2?,4?,5-. The Hall–Kier alpha value is -0.610. The van der Waals surface area contributed by atoms with Crippen molar-refractivity contribution in [1.29, 1.82) is 0 Å². The summed E-state index contributed by atoms with van der Waals surface area (Å²) in [6.07, 6.45) is -7.87. The molecule has 4 heteroatoms. The zero-order valence-corrected chi connectivity index (χ0v) is 5.24. The van der Waals surface area contributed by atoms with Crippen molar-refractivity contribution in [3.05, 3.63) is 0 Å². The number of aliphatic carboxylic acids is 1. The maximum Gasteiger partial charge on any atom is 0.320 e. The lowest BCUT2D eigenvalue weighted by atomic mass is 11.1. The van der Waals surface area contributed by atoms with E-state index in [-0.39, 0.29) is 0 Å². The summed E-state index contributed by atoms with van der Waals surface area (Å²) in [5.41, 5.74) is 10.00. The van der Waals surface area contributed by atoms with Gasteiger partial charge < -0.3 is 16.6 Å². The van der Waals surface area contributed by atoms with Crippen LogP contribution in [0, 0.1) is 0 Å². The van der Waals surface area contributed by atoms with Crippen LogP contribution in [0.4, 0.5) is 0 Å². The molecule has 0 aliphatic rings. The van der Waals surface area contributed by atoms with Crippen LogP contribution in [0.25, 0.3) is 0 Å². The molecular weight excluding hydrogens is 140 g/mol. The van der Waals surface area contributed by atoms with Crippen LogP contribution in [0.1, 0.15) is 27.4 Å². The van der Waals surface area contributed by atoms with Crippen LogP contribution < -0.4 is 11.5 Å². The molecule has 0 heterocycles. The summed E-state index contributed by atoms with van der Waals surface area (Å²) in [4.78, 5) is 10.5. The van der Waals surface area contributed by atoms with Gasteiger partial charge in [-0.2, -0.15) is 0 Å². The van der Waals surface area contributed by atoms with Crippen LogP contribution in [0.5, 0.6) is 0 Å². The van der Waals surface area contributed by atoms with Gasteiger partial charge in [-0.25, -0.2) is 0 Å². The van der Waals surface area contributed by atoms with Crippen molar-refractivity contribution >= 4 is 5.97 Å². The second-order valence-corrected chi connectivity index (χ2v) is 1.46. The predicted molar refractivity (Wildman–Crippen MR) is 38.5 cm³/mol. The van der Waals surface area contributed by atoms with E-state index in [9.17, 15) is 4.79 Å². The summed E-state index contributed by atoms with van der Waals surface area (Å²) >= 11 is 0. The van der Waals surface area contributed by atoms with Crippen LogP contribution in [0.2, 0.25) is 0 Å². The summed E-state index contributed by atoms with van der Waals surface area (Å²) in [5, 5.41) is 8.53. The lowest BCUT2D eigenvalue weighted by molar-refractivity contribution is -0.138. The minimum atomic E-state index is -3.00. The van der Waals surface area contributed by atoms with Crippen molar-refractivity contribution < 1.29 is 18.1 Å². The molecule has 0 aromatic carbocycles. The number of rotatable bonds is 5. The van der Waals surface area contributed by atoms with Crippen molar-refractivity contribution in [2.45, 2.75) is 25.2 Å². The third-order valence-electron chi connectivity index (χ3n) is 0.684. The average Bonchev–Trinajstić information content (AvgIpc) is 2.14. The fourth-order valence-electron chi connectivity index (χ4n) is 0.248. The van der Waals surface area contributed by atoms with E-state index >= 15 is 0 Å². The van der Waals surface area contributed by atoms with Gasteiger partial charge in [0.05, 0.1) is 0 Å². The highest BCUT2D eigenvalue weighted by molar-refractivity contribution is 5.72. The van der Waals surface area contributed by atoms with Crippen LogP contribution >= 0.6 is 0 Å². The third kappa shape index (κ3) is 4.29. The van der Waals surface area contributed by atoms with Gasteiger partial charge in [0.1, 0.15) is 6.04 Å². The second-order valence-electron chi connectivity index (χ2n) is 1.46. The molecule has 0 aliphatic carbocycles. The molecule has 10 heavy (non-hydrogen) atoms. The van der Waals surface area contributed by atoms with Crippen molar-refractivity contribution in [2.24, 2.45) is 11.5 Å². The quantitative estimate of drug-likeness (QED) is 0.374. The number of carbonyl (C=O) groups is 1. The minimum Gasteiger partial charge on any atom is -0.480 e. The van der Waals surface area contributed by atoms with Crippen molar-refractivity contribution in [3.63, 3.8) is 0 Å². The molecule has 0 spiro atoms. The van der Waals surface area contributed by atoms with Crippen LogP contribution in [0.15, 0.2) is 0 Å². The number of hydrogen-bond donors (Lipinski definition) is 3. The summed E-state index contributed by atoms with van der Waals surface area (Å²) in [6, 6.07) is -2.13. The zero-order chi connectivity index (χ0) is 13.3. The number of carboxylic acids is 1. The maximum absolute atomic E-state index is 10.5. The first-order valence-electron chi connectivity index (χ1n) is 5.70. The van der Waals surface area contributed by atoms with Gasteiger partial charge in [-0.1, -0.05) is 6.37 Å². The molecule has 5 N–H and O–H groups in total. The molecule has 2 unspecified atom stereocenters. The Bertz CT molecular complexity index is 272. The van der Waals surface area contributed by atoms with E-state index in [1.807, 2.05) is 0 Å². The van der Waals surface area contributed by atoms with Crippen molar-refractivity contribution in [1.82, 2.24) is 0 Å². The fourth-order valence-corrected chi connectivity index (χ4v) is 0.248. The van der Waals surface area contributed by atoms with Gasteiger partial charge in [0.2, 0.25) is 0 Å². The van der Waals surface area contributed by atoms with Gasteiger partial charge in [0, 0.05) is 8.22 Å². The summed E-state index contributed by atoms with van der Waals surface area (Å²) in [6.45, 7) is -1.69. The molecule has 0 saturated carbocycles. The van der Waals surface area contributed by atoms with Gasteiger partial charge >= 0.3 is 5.97 Å². The first-order valence-corrected chi connectivity index (χ1v) is 2.54. The predicted octanol–water partition coefficient (Wildman–Crippen LogP) is -0.473. The normalized spacial score (nSPS) is 31.0. The molecule has 0 bridgehead atoms. The molecule has 0 aliphatic heterocycles.